The van der Waals surface area contributed by atoms with Crippen LogP contribution in [0.2, 0.25) is 18.1 Å². The van der Waals surface area contributed by atoms with Gasteiger partial charge in [0.15, 0.2) is 0 Å². The lowest BCUT2D eigenvalue weighted by molar-refractivity contribution is -0.397. The van der Waals surface area contributed by atoms with Crippen LogP contribution in [0.3, 0.4) is 0 Å². The van der Waals surface area contributed by atoms with E-state index in [2.05, 4.69) is 0 Å². The number of hydrogen-bond acceptors (Lipinski definition) is 1. The van der Waals surface area contributed by atoms with Crippen molar-refractivity contribution in [1.29, 1.82) is 0 Å². The summed E-state index contributed by atoms with van der Waals surface area (Å²) in [7, 11) is 0. The molecule has 0 aliphatic carbocycles. The molecule has 0 saturated carbocycles. The van der Waals surface area contributed by atoms with Crippen LogP contribution in [0.1, 0.15) is 51.4 Å². The van der Waals surface area contributed by atoms with Gasteiger partial charge in [-0.2, -0.15) is 39.5 Å². The zero-order valence-electron chi connectivity index (χ0n) is 17.9. The van der Waals surface area contributed by atoms with Gasteiger partial charge in [0.25, 0.3) is 6.69 Å². The van der Waals surface area contributed by atoms with Gasteiger partial charge in [-0.15, -0.1) is 55.4 Å². The van der Waals surface area contributed by atoms with E-state index in [1.165, 1.54) is 0 Å². The first-order valence-corrected chi connectivity index (χ1v) is 20.1. The minimum absolute atomic E-state index is 0.122. The highest BCUT2D eigenvalue weighted by Crippen LogP contribution is 2.54. The van der Waals surface area contributed by atoms with Crippen molar-refractivity contribution in [1.82, 2.24) is 0 Å². The molecule has 0 aromatic rings. The van der Waals surface area contributed by atoms with E-state index in [4.69, 9.17) is 60.1 Å². The molecule has 0 aliphatic rings. The topological polar surface area (TPSA) is 9.23 Å². The third kappa shape index (κ3) is 12.6. The Balaban J connectivity index is 3.97. The molecular weight excluding hydrogens is 625 g/mol. The van der Waals surface area contributed by atoms with Gasteiger partial charge >= 0.3 is 29.9 Å². The zero-order chi connectivity index (χ0) is 26.9. The first kappa shape index (κ1) is 35.2. The fourth-order valence-corrected chi connectivity index (χ4v) is 8.28. The molecule has 0 amide bonds. The fourth-order valence-electron chi connectivity index (χ4n) is 2.83. The standard InChI is InChI=1S/C17H26Cl5F9OSi2/c18-33(19,12-7-13-34(20,21)22)11-6-4-2-1-3-5-9-32-10-8-14(23,24)15(25,26)16(27,28)17(29,30)31/h1-13H2. The highest BCUT2D eigenvalue weighted by Gasteiger charge is 2.81. The normalized spacial score (nSPS) is 14.6. The third-order valence-electron chi connectivity index (χ3n) is 4.85. The Hall–Kier alpha value is 1.21. The second-order valence-corrected chi connectivity index (χ2v) is 24.8. The number of hydrogen-bond donors (Lipinski definition) is 0. The molecule has 0 radical (unpaired) electrons. The number of rotatable bonds is 18. The Morgan fingerprint density at radius 3 is 1.50 bits per heavy atom. The van der Waals surface area contributed by atoms with Crippen molar-refractivity contribution in [2.75, 3.05) is 13.2 Å². The van der Waals surface area contributed by atoms with Crippen LogP contribution in [-0.2, 0) is 4.74 Å². The summed E-state index contributed by atoms with van der Waals surface area (Å²) in [5.41, 5.74) is 0. The van der Waals surface area contributed by atoms with Gasteiger partial charge in [-0.25, -0.2) is 0 Å². The first-order valence-electron chi connectivity index (χ1n) is 10.4. The van der Waals surface area contributed by atoms with E-state index in [0.29, 0.717) is 37.4 Å². The van der Waals surface area contributed by atoms with Gasteiger partial charge < -0.3 is 4.74 Å². The van der Waals surface area contributed by atoms with Crippen LogP contribution in [-0.4, -0.2) is 49.9 Å². The summed E-state index contributed by atoms with van der Waals surface area (Å²) < 4.78 is 119. The minimum Gasteiger partial charge on any atom is -0.381 e. The molecule has 206 valence electrons. The molecule has 0 atom stereocenters. The van der Waals surface area contributed by atoms with Crippen LogP contribution in [0.5, 0.6) is 0 Å². The quantitative estimate of drug-likeness (QED) is 0.0621. The average molecular weight is 651 g/mol. The molecule has 34 heavy (non-hydrogen) atoms. The molecule has 0 unspecified atom stereocenters. The molecule has 0 heterocycles. The van der Waals surface area contributed by atoms with E-state index in [-0.39, 0.29) is 6.61 Å². The second-order valence-electron chi connectivity index (χ2n) is 7.91. The molecule has 0 rings (SSSR count). The lowest BCUT2D eigenvalue weighted by Gasteiger charge is -2.33. The summed E-state index contributed by atoms with van der Waals surface area (Å²) in [6.45, 7) is -3.61. The van der Waals surface area contributed by atoms with Crippen molar-refractivity contribution >= 4 is 68.1 Å². The zero-order valence-corrected chi connectivity index (χ0v) is 23.7. The number of ether oxygens (including phenoxy) is 1. The molecule has 0 N–H and O–H groups in total. The summed E-state index contributed by atoms with van der Waals surface area (Å²) in [5, 5.41) is 0. The lowest BCUT2D eigenvalue weighted by atomic mass is 10.0. The molecule has 0 spiro atoms. The van der Waals surface area contributed by atoms with Crippen molar-refractivity contribution in [3.05, 3.63) is 0 Å². The molecule has 0 bridgehead atoms. The summed E-state index contributed by atoms with van der Waals surface area (Å²) in [4.78, 5) is 0. The Morgan fingerprint density at radius 2 is 1.00 bits per heavy atom. The van der Waals surface area contributed by atoms with Gasteiger partial charge in [0.1, 0.15) is 0 Å². The van der Waals surface area contributed by atoms with Crippen LogP contribution in [0.15, 0.2) is 0 Å². The SMILES string of the molecule is FC(F)(F)C(F)(F)C(F)(F)C(F)(F)CCOCCCCCCCC[Si](Cl)(Cl)CCC[Si](Cl)(Cl)Cl. The van der Waals surface area contributed by atoms with Gasteiger partial charge in [0.2, 0.25) is 0 Å². The fraction of sp³-hybridized carbons (Fsp3) is 1.00. The Kier molecular flexibility index (Phi) is 14.9. The van der Waals surface area contributed by atoms with Crippen LogP contribution in [0.25, 0.3) is 0 Å². The van der Waals surface area contributed by atoms with Gasteiger partial charge in [-0.05, 0) is 24.6 Å². The maximum atomic E-state index is 13.3. The van der Waals surface area contributed by atoms with Crippen LogP contribution in [0, 0.1) is 0 Å². The third-order valence-corrected chi connectivity index (χ3v) is 11.9. The molecule has 0 aromatic carbocycles. The number of halogens is 14. The van der Waals surface area contributed by atoms with Gasteiger partial charge in [0.05, 0.1) is 6.61 Å². The van der Waals surface area contributed by atoms with Crippen LogP contribution < -0.4 is 0 Å². The summed E-state index contributed by atoms with van der Waals surface area (Å²) in [6.07, 6.45) is -3.87. The highest BCUT2D eigenvalue weighted by molar-refractivity contribution is 7.64. The summed E-state index contributed by atoms with van der Waals surface area (Å²) in [5.74, 6) is -19.1. The monoisotopic (exact) mass is 648 g/mol. The van der Waals surface area contributed by atoms with Crippen molar-refractivity contribution in [3.8, 4) is 0 Å². The van der Waals surface area contributed by atoms with Gasteiger partial charge in [-0.1, -0.05) is 38.5 Å². The van der Waals surface area contributed by atoms with Crippen molar-refractivity contribution in [3.63, 3.8) is 0 Å². The van der Waals surface area contributed by atoms with Crippen LogP contribution in [0.4, 0.5) is 39.5 Å². The van der Waals surface area contributed by atoms with E-state index in [1.807, 2.05) is 0 Å². The van der Waals surface area contributed by atoms with E-state index in [0.717, 1.165) is 25.7 Å². The van der Waals surface area contributed by atoms with E-state index >= 15 is 0 Å². The van der Waals surface area contributed by atoms with Crippen molar-refractivity contribution in [2.45, 2.75) is 93.4 Å². The predicted molar refractivity (Wildman–Crippen MR) is 124 cm³/mol. The second kappa shape index (κ2) is 14.4. The molecule has 0 aromatic heterocycles. The smallest absolute Gasteiger partial charge is 0.381 e. The minimum atomic E-state index is -6.87. The molecular formula is C17H26Cl5F9OSi2. The largest absolute Gasteiger partial charge is 0.460 e. The highest BCUT2D eigenvalue weighted by atomic mass is 35.8. The van der Waals surface area contributed by atoms with Gasteiger partial charge in [-0.3, -0.25) is 0 Å². The Labute approximate surface area is 218 Å². The molecule has 1 nitrogen and oxygen atoms in total. The van der Waals surface area contributed by atoms with E-state index < -0.39 is 49.7 Å². The number of unbranched alkanes of at least 4 members (excludes halogenated alkanes) is 5. The van der Waals surface area contributed by atoms with Gasteiger partial charge in [0, 0.05) is 13.0 Å². The molecule has 0 aliphatic heterocycles. The average Bonchev–Trinajstić information content (AvgIpc) is 2.63. The Bertz CT molecular complexity index is 591. The molecule has 17 heteroatoms. The van der Waals surface area contributed by atoms with Crippen molar-refractivity contribution in [2.24, 2.45) is 0 Å². The van der Waals surface area contributed by atoms with Crippen molar-refractivity contribution < 1.29 is 44.3 Å². The molecule has 0 saturated heterocycles. The maximum Gasteiger partial charge on any atom is 0.460 e. The van der Waals surface area contributed by atoms with E-state index in [9.17, 15) is 39.5 Å². The van der Waals surface area contributed by atoms with E-state index in [1.54, 1.807) is 0 Å². The first-order chi connectivity index (χ1) is 15.2. The molecule has 0 fully saturated rings. The summed E-state index contributed by atoms with van der Waals surface area (Å²) in [6, 6.07) is -0.871. The van der Waals surface area contributed by atoms with Crippen LogP contribution >= 0.6 is 55.4 Å². The lowest BCUT2D eigenvalue weighted by Crippen LogP contribution is -2.61. The maximum absolute atomic E-state index is 13.3. The predicted octanol–water partition coefficient (Wildman–Crippen LogP) is 10.2. The summed E-state index contributed by atoms with van der Waals surface area (Å²) >= 11 is 30.1. The number of alkyl halides is 9. The Morgan fingerprint density at radius 1 is 0.529 bits per heavy atom.